The maximum atomic E-state index is 6.02. The summed E-state index contributed by atoms with van der Waals surface area (Å²) in [6.07, 6.45) is 7.78. The Morgan fingerprint density at radius 3 is 2.67 bits per heavy atom. The van der Waals surface area contributed by atoms with E-state index in [9.17, 15) is 0 Å². The molecule has 0 radical (unpaired) electrons. The van der Waals surface area contributed by atoms with Gasteiger partial charge in [-0.05, 0) is 60.6 Å². The normalized spacial score (nSPS) is 21.4. The molecule has 1 aromatic carbocycles. The lowest BCUT2D eigenvalue weighted by Crippen LogP contribution is -2.06. The summed E-state index contributed by atoms with van der Waals surface area (Å²) < 4.78 is 0. The summed E-state index contributed by atoms with van der Waals surface area (Å²) >= 11 is 6.02. The van der Waals surface area contributed by atoms with E-state index in [2.05, 4.69) is 18.2 Å². The lowest BCUT2D eigenvalue weighted by molar-refractivity contribution is 0.578. The van der Waals surface area contributed by atoms with Gasteiger partial charge in [0.15, 0.2) is 0 Å². The molecule has 0 amide bonds. The SMILES string of the molecule is ClCC1(Cc2ccc3c(c2)CCC3)CC1. The Morgan fingerprint density at radius 1 is 1.13 bits per heavy atom. The van der Waals surface area contributed by atoms with Crippen molar-refractivity contribution in [3.05, 3.63) is 34.9 Å². The van der Waals surface area contributed by atoms with Crippen LogP contribution in [0.5, 0.6) is 0 Å². The number of hydrogen-bond acceptors (Lipinski definition) is 0. The van der Waals surface area contributed by atoms with Crippen LogP contribution in [0, 0.1) is 5.41 Å². The van der Waals surface area contributed by atoms with E-state index in [4.69, 9.17) is 11.6 Å². The smallest absolute Gasteiger partial charge is 0.0283 e. The molecule has 1 fully saturated rings. The molecule has 1 heteroatoms. The Hall–Kier alpha value is -0.490. The standard InChI is InChI=1S/C14H17Cl/c15-10-14(6-7-14)9-11-4-5-12-2-1-3-13(12)8-11/h4-5,8H,1-3,6-7,9-10H2. The number of halogens is 1. The van der Waals surface area contributed by atoms with Gasteiger partial charge in [0.1, 0.15) is 0 Å². The highest BCUT2D eigenvalue weighted by molar-refractivity contribution is 6.18. The van der Waals surface area contributed by atoms with Crippen LogP contribution in [0.1, 0.15) is 36.0 Å². The number of benzene rings is 1. The lowest BCUT2D eigenvalue weighted by atomic mass is 9.96. The van der Waals surface area contributed by atoms with Gasteiger partial charge < -0.3 is 0 Å². The summed E-state index contributed by atoms with van der Waals surface area (Å²) in [5.74, 6) is 0.837. The summed E-state index contributed by atoms with van der Waals surface area (Å²) in [5.41, 5.74) is 5.15. The van der Waals surface area contributed by atoms with E-state index in [0.29, 0.717) is 5.41 Å². The zero-order valence-electron chi connectivity index (χ0n) is 9.06. The highest BCUT2D eigenvalue weighted by atomic mass is 35.5. The van der Waals surface area contributed by atoms with Crippen LogP contribution in [0.15, 0.2) is 18.2 Å². The third-order valence-corrected chi connectivity index (χ3v) is 4.55. The third kappa shape index (κ3) is 1.80. The predicted molar refractivity (Wildman–Crippen MR) is 64.6 cm³/mol. The van der Waals surface area contributed by atoms with Crippen LogP contribution in [-0.4, -0.2) is 5.88 Å². The van der Waals surface area contributed by atoms with Crippen molar-refractivity contribution in [3.8, 4) is 0 Å². The molecule has 0 heterocycles. The summed E-state index contributed by atoms with van der Waals surface area (Å²) in [4.78, 5) is 0. The van der Waals surface area contributed by atoms with Crippen LogP contribution in [0.3, 0.4) is 0 Å². The van der Waals surface area contributed by atoms with Gasteiger partial charge in [-0.3, -0.25) is 0 Å². The van der Waals surface area contributed by atoms with Crippen molar-refractivity contribution in [2.45, 2.75) is 38.5 Å². The van der Waals surface area contributed by atoms with Crippen molar-refractivity contribution >= 4 is 11.6 Å². The minimum atomic E-state index is 0.467. The van der Waals surface area contributed by atoms with Crippen LogP contribution in [0.2, 0.25) is 0 Å². The Kier molecular flexibility index (Phi) is 2.28. The first kappa shape index (κ1) is 9.72. The second kappa shape index (κ2) is 3.52. The monoisotopic (exact) mass is 220 g/mol. The highest BCUT2D eigenvalue weighted by Gasteiger charge is 2.41. The molecule has 0 aromatic heterocycles. The van der Waals surface area contributed by atoms with Crippen molar-refractivity contribution in [2.75, 3.05) is 5.88 Å². The van der Waals surface area contributed by atoms with Crippen LogP contribution in [0.4, 0.5) is 0 Å². The van der Waals surface area contributed by atoms with Gasteiger partial charge in [0.25, 0.3) is 0 Å². The van der Waals surface area contributed by atoms with Gasteiger partial charge in [-0.25, -0.2) is 0 Å². The van der Waals surface area contributed by atoms with E-state index in [0.717, 1.165) is 5.88 Å². The quantitative estimate of drug-likeness (QED) is 0.681. The van der Waals surface area contributed by atoms with E-state index in [1.54, 1.807) is 11.1 Å². The molecular weight excluding hydrogens is 204 g/mol. The minimum absolute atomic E-state index is 0.467. The van der Waals surface area contributed by atoms with Crippen molar-refractivity contribution < 1.29 is 0 Å². The fourth-order valence-corrected chi connectivity index (χ4v) is 3.06. The summed E-state index contributed by atoms with van der Waals surface area (Å²) in [5, 5.41) is 0. The number of alkyl halides is 1. The molecule has 15 heavy (non-hydrogen) atoms. The second-order valence-electron chi connectivity index (χ2n) is 5.27. The van der Waals surface area contributed by atoms with Crippen molar-refractivity contribution in [3.63, 3.8) is 0 Å². The van der Waals surface area contributed by atoms with Gasteiger partial charge in [-0.2, -0.15) is 0 Å². The molecule has 0 N–H and O–H groups in total. The van der Waals surface area contributed by atoms with Gasteiger partial charge in [0.05, 0.1) is 0 Å². The molecule has 0 bridgehead atoms. The third-order valence-electron chi connectivity index (χ3n) is 3.98. The van der Waals surface area contributed by atoms with Gasteiger partial charge in [-0.15, -0.1) is 11.6 Å². The summed E-state index contributed by atoms with van der Waals surface area (Å²) in [7, 11) is 0. The van der Waals surface area contributed by atoms with Crippen molar-refractivity contribution in [1.29, 1.82) is 0 Å². The lowest BCUT2D eigenvalue weighted by Gasteiger charge is -2.12. The van der Waals surface area contributed by atoms with Gasteiger partial charge in [0, 0.05) is 5.88 Å². The van der Waals surface area contributed by atoms with Gasteiger partial charge in [-0.1, -0.05) is 18.2 Å². The molecule has 0 saturated heterocycles. The van der Waals surface area contributed by atoms with Gasteiger partial charge in [0.2, 0.25) is 0 Å². The Morgan fingerprint density at radius 2 is 1.93 bits per heavy atom. The zero-order valence-corrected chi connectivity index (χ0v) is 9.82. The zero-order chi connectivity index (χ0) is 10.3. The molecule has 0 nitrogen and oxygen atoms in total. The van der Waals surface area contributed by atoms with E-state index in [1.807, 2.05) is 0 Å². The van der Waals surface area contributed by atoms with E-state index in [1.165, 1.54) is 44.1 Å². The number of fused-ring (bicyclic) bond motifs is 1. The fourth-order valence-electron chi connectivity index (χ4n) is 2.70. The molecule has 80 valence electrons. The molecular formula is C14H17Cl. The highest BCUT2D eigenvalue weighted by Crippen LogP contribution is 2.49. The topological polar surface area (TPSA) is 0 Å². The molecule has 0 atom stereocenters. The summed E-state index contributed by atoms with van der Waals surface area (Å²) in [6.45, 7) is 0. The second-order valence-corrected chi connectivity index (χ2v) is 5.53. The molecule has 2 aliphatic carbocycles. The van der Waals surface area contributed by atoms with Crippen LogP contribution in [0.25, 0.3) is 0 Å². The van der Waals surface area contributed by atoms with Crippen LogP contribution < -0.4 is 0 Å². The van der Waals surface area contributed by atoms with Crippen LogP contribution >= 0.6 is 11.6 Å². The largest absolute Gasteiger partial charge is 0.126 e. The van der Waals surface area contributed by atoms with Gasteiger partial charge >= 0.3 is 0 Å². The first-order valence-electron chi connectivity index (χ1n) is 5.98. The van der Waals surface area contributed by atoms with Crippen molar-refractivity contribution in [1.82, 2.24) is 0 Å². The molecule has 1 aromatic rings. The summed E-state index contributed by atoms with van der Waals surface area (Å²) in [6, 6.07) is 7.08. The van der Waals surface area contributed by atoms with E-state index < -0.39 is 0 Å². The molecule has 2 aliphatic rings. The molecule has 1 saturated carbocycles. The Labute approximate surface area is 96.6 Å². The molecule has 0 aliphatic heterocycles. The molecule has 0 unspecified atom stereocenters. The first-order chi connectivity index (χ1) is 7.31. The van der Waals surface area contributed by atoms with Crippen molar-refractivity contribution in [2.24, 2.45) is 5.41 Å². The Balaban J connectivity index is 1.81. The molecule has 3 rings (SSSR count). The maximum absolute atomic E-state index is 6.02. The Bertz CT molecular complexity index is 377. The minimum Gasteiger partial charge on any atom is -0.126 e. The maximum Gasteiger partial charge on any atom is 0.0283 e. The van der Waals surface area contributed by atoms with E-state index >= 15 is 0 Å². The number of aryl methyl sites for hydroxylation is 2. The number of rotatable bonds is 3. The van der Waals surface area contributed by atoms with E-state index in [-0.39, 0.29) is 0 Å². The number of hydrogen-bond donors (Lipinski definition) is 0. The predicted octanol–water partition coefficient (Wildman–Crippen LogP) is 3.74. The molecule has 0 spiro atoms. The average Bonchev–Trinajstić information content (AvgIpc) is 2.88. The first-order valence-corrected chi connectivity index (χ1v) is 6.51. The fraction of sp³-hybridized carbons (Fsp3) is 0.571. The van der Waals surface area contributed by atoms with Crippen LogP contribution in [-0.2, 0) is 19.3 Å². The average molecular weight is 221 g/mol.